The molecule has 0 aromatic rings. The molecule has 4 aliphatic rings. The minimum Gasteiger partial charge on any atom is -0.461 e. The van der Waals surface area contributed by atoms with E-state index in [1.807, 2.05) is 0 Å². The Labute approximate surface area is 228 Å². The van der Waals surface area contributed by atoms with Gasteiger partial charge in [-0.25, -0.2) is 0 Å². The van der Waals surface area contributed by atoms with E-state index in [2.05, 4.69) is 40.7 Å². The number of carbonyl (C=O) groups is 1. The summed E-state index contributed by atoms with van der Waals surface area (Å²) in [7, 11) is 0. The molecule has 3 fully saturated rings. The summed E-state index contributed by atoms with van der Waals surface area (Å²) in [4.78, 5) is 12.6. The van der Waals surface area contributed by atoms with Gasteiger partial charge in [0, 0.05) is 6.42 Å². The first kappa shape index (κ1) is 29.1. The number of esters is 1. The Balaban J connectivity index is 1.38. The first-order valence-electron chi connectivity index (χ1n) is 16.0. The number of hydrogen-bond donors (Lipinski definition) is 2. The summed E-state index contributed by atoms with van der Waals surface area (Å²) in [6, 6.07) is -0.510. The van der Waals surface area contributed by atoms with E-state index < -0.39 is 6.04 Å². The van der Waals surface area contributed by atoms with Crippen LogP contribution < -0.4 is 11.5 Å². The van der Waals surface area contributed by atoms with Gasteiger partial charge >= 0.3 is 5.97 Å². The van der Waals surface area contributed by atoms with E-state index in [1.165, 1.54) is 51.4 Å². The van der Waals surface area contributed by atoms with E-state index in [0.29, 0.717) is 18.4 Å². The number of nitrogens with two attached hydrogens (primary N) is 2. The highest BCUT2D eigenvalue weighted by atomic mass is 16.5. The van der Waals surface area contributed by atoms with Crippen molar-refractivity contribution in [2.24, 2.45) is 57.8 Å². The number of ether oxygens (including phenoxy) is 1. The fraction of sp³-hybridized carbons (Fsp3) is 0.909. The van der Waals surface area contributed by atoms with Gasteiger partial charge in [0.05, 0.1) is 0 Å². The van der Waals surface area contributed by atoms with Crippen molar-refractivity contribution in [1.82, 2.24) is 0 Å². The Hall–Kier alpha value is -0.870. The number of carbonyl (C=O) groups excluding carboxylic acids is 1. The highest BCUT2D eigenvalue weighted by Crippen LogP contribution is 2.67. The second kappa shape index (κ2) is 12.1. The van der Waals surface area contributed by atoms with Gasteiger partial charge in [-0.05, 0) is 111 Å². The first-order valence-corrected chi connectivity index (χ1v) is 16.0. The van der Waals surface area contributed by atoms with Crippen LogP contribution in [0.2, 0.25) is 0 Å². The molecule has 9 atom stereocenters. The summed E-state index contributed by atoms with van der Waals surface area (Å²) < 4.78 is 5.95. The smallest absolute Gasteiger partial charge is 0.323 e. The third-order valence-corrected chi connectivity index (χ3v) is 11.8. The minimum absolute atomic E-state index is 0.000314. The lowest BCUT2D eigenvalue weighted by molar-refractivity contribution is -0.153. The maximum Gasteiger partial charge on any atom is 0.323 e. The van der Waals surface area contributed by atoms with E-state index in [4.69, 9.17) is 16.2 Å². The molecule has 0 unspecified atom stereocenters. The Morgan fingerprint density at radius 2 is 1.78 bits per heavy atom. The average molecular weight is 515 g/mol. The fourth-order valence-electron chi connectivity index (χ4n) is 9.63. The van der Waals surface area contributed by atoms with Gasteiger partial charge in [-0.3, -0.25) is 4.79 Å². The molecule has 0 aromatic carbocycles. The predicted octanol–water partition coefficient (Wildman–Crippen LogP) is 7.40. The Morgan fingerprint density at radius 1 is 1.00 bits per heavy atom. The number of fused-ring (bicyclic) bond motifs is 5. The van der Waals surface area contributed by atoms with Crippen molar-refractivity contribution in [1.29, 1.82) is 0 Å². The average Bonchev–Trinajstić information content (AvgIpc) is 3.21. The molecule has 37 heavy (non-hydrogen) atoms. The zero-order valence-corrected chi connectivity index (χ0v) is 24.8. The molecule has 0 aromatic heterocycles. The van der Waals surface area contributed by atoms with Gasteiger partial charge in [-0.15, -0.1) is 0 Å². The summed E-state index contributed by atoms with van der Waals surface area (Å²) in [6.07, 6.45) is 19.2. The van der Waals surface area contributed by atoms with Crippen molar-refractivity contribution in [3.05, 3.63) is 11.6 Å². The molecule has 0 amide bonds. The van der Waals surface area contributed by atoms with Crippen LogP contribution in [0.15, 0.2) is 11.6 Å². The maximum atomic E-state index is 12.6. The normalized spacial score (nSPS) is 38.8. The number of unbranched alkanes of at least 4 members (excludes halogenated alkanes) is 1. The Morgan fingerprint density at radius 3 is 2.51 bits per heavy atom. The molecule has 0 bridgehead atoms. The molecule has 0 saturated heterocycles. The van der Waals surface area contributed by atoms with Gasteiger partial charge in [-0.1, -0.05) is 72.0 Å². The van der Waals surface area contributed by atoms with Crippen LogP contribution >= 0.6 is 0 Å². The number of allylic oxidation sites excluding steroid dienone is 1. The summed E-state index contributed by atoms with van der Waals surface area (Å²) in [5.41, 5.74) is 14.1. The van der Waals surface area contributed by atoms with Crippen LogP contribution in [0.1, 0.15) is 125 Å². The lowest BCUT2D eigenvalue weighted by atomic mass is 9.47. The Kier molecular flexibility index (Phi) is 9.53. The Bertz CT molecular complexity index is 808. The summed E-state index contributed by atoms with van der Waals surface area (Å²) >= 11 is 0. The van der Waals surface area contributed by atoms with Crippen LogP contribution in [-0.4, -0.2) is 24.7 Å². The van der Waals surface area contributed by atoms with Gasteiger partial charge in [0.25, 0.3) is 0 Å². The van der Waals surface area contributed by atoms with Crippen LogP contribution in [0.5, 0.6) is 0 Å². The zero-order chi connectivity index (χ0) is 26.8. The number of hydrogen-bond acceptors (Lipinski definition) is 4. The molecule has 4 N–H and O–H groups in total. The van der Waals surface area contributed by atoms with Gasteiger partial charge in [0.15, 0.2) is 0 Å². The van der Waals surface area contributed by atoms with Crippen LogP contribution in [0.4, 0.5) is 0 Å². The SMILES string of the molecule is CC(C)CCC[C@@H](C)[C@H]1CC[C@H]2[C@@H]3CC=C4C[C@@H](OC(=O)[C@@H](N)CCCCN)CC[C@]4(C)[C@H]3CC[C@]12C. The van der Waals surface area contributed by atoms with Gasteiger partial charge in [0.1, 0.15) is 12.1 Å². The van der Waals surface area contributed by atoms with E-state index >= 15 is 0 Å². The van der Waals surface area contributed by atoms with Crippen LogP contribution in [0, 0.1) is 46.3 Å². The second-order valence-electron chi connectivity index (χ2n) is 14.5. The lowest BCUT2D eigenvalue weighted by Gasteiger charge is -2.58. The zero-order valence-electron chi connectivity index (χ0n) is 24.8. The highest BCUT2D eigenvalue weighted by Gasteiger charge is 2.59. The van der Waals surface area contributed by atoms with Crippen LogP contribution in [0.3, 0.4) is 0 Å². The molecule has 4 heteroatoms. The molecule has 4 nitrogen and oxygen atoms in total. The molecule has 212 valence electrons. The minimum atomic E-state index is -0.510. The van der Waals surface area contributed by atoms with Gasteiger partial charge in [-0.2, -0.15) is 0 Å². The van der Waals surface area contributed by atoms with Crippen LogP contribution in [0.25, 0.3) is 0 Å². The molecule has 4 rings (SSSR count). The summed E-state index contributed by atoms with van der Waals surface area (Å²) in [5.74, 6) is 4.92. The van der Waals surface area contributed by atoms with E-state index in [9.17, 15) is 4.79 Å². The molecule has 0 spiro atoms. The van der Waals surface area contributed by atoms with Crippen molar-refractivity contribution < 1.29 is 9.53 Å². The molecule has 3 saturated carbocycles. The third kappa shape index (κ3) is 6.01. The number of rotatable bonds is 11. The van der Waals surface area contributed by atoms with Gasteiger partial charge in [0.2, 0.25) is 0 Å². The van der Waals surface area contributed by atoms with Crippen molar-refractivity contribution in [2.75, 3.05) is 6.54 Å². The molecule has 0 radical (unpaired) electrons. The molecular formula is C33H58N2O2. The van der Waals surface area contributed by atoms with E-state index in [1.54, 1.807) is 5.57 Å². The molecular weight excluding hydrogens is 456 g/mol. The topological polar surface area (TPSA) is 78.3 Å². The fourth-order valence-corrected chi connectivity index (χ4v) is 9.63. The predicted molar refractivity (Wildman–Crippen MR) is 154 cm³/mol. The summed E-state index contributed by atoms with van der Waals surface area (Å²) in [5, 5.41) is 0. The highest BCUT2D eigenvalue weighted by molar-refractivity contribution is 5.75. The largest absolute Gasteiger partial charge is 0.461 e. The van der Waals surface area contributed by atoms with Crippen molar-refractivity contribution in [3.63, 3.8) is 0 Å². The first-order chi connectivity index (χ1) is 17.6. The quantitative estimate of drug-likeness (QED) is 0.171. The van der Waals surface area contributed by atoms with E-state index in [0.717, 1.165) is 67.6 Å². The standard InChI is InChI=1S/C33H58N2O2/c1-22(2)9-8-10-23(3)27-14-15-28-26-13-12-24-21-25(37-31(36)30(35)11-6-7-20-34)16-18-32(24,4)29(26)17-19-33(27,28)5/h12,22-23,25-30H,6-11,13-21,34-35H2,1-5H3/t23-,25+,26+,27-,28+,29+,30+,32+,33-/m1/s1. The lowest BCUT2D eigenvalue weighted by Crippen LogP contribution is -2.51. The molecule has 4 aliphatic carbocycles. The monoisotopic (exact) mass is 514 g/mol. The second-order valence-corrected chi connectivity index (χ2v) is 14.5. The molecule has 0 heterocycles. The van der Waals surface area contributed by atoms with Crippen molar-refractivity contribution in [2.45, 2.75) is 137 Å². The van der Waals surface area contributed by atoms with Crippen molar-refractivity contribution >= 4 is 5.97 Å². The van der Waals surface area contributed by atoms with Crippen molar-refractivity contribution in [3.8, 4) is 0 Å². The van der Waals surface area contributed by atoms with E-state index in [-0.39, 0.29) is 17.5 Å². The third-order valence-electron chi connectivity index (χ3n) is 11.8. The summed E-state index contributed by atoms with van der Waals surface area (Å²) in [6.45, 7) is 13.2. The molecule has 0 aliphatic heterocycles. The van der Waals surface area contributed by atoms with Gasteiger partial charge < -0.3 is 16.2 Å². The maximum absolute atomic E-state index is 12.6. The van der Waals surface area contributed by atoms with Crippen LogP contribution in [-0.2, 0) is 9.53 Å².